The molecule has 1 N–H and O–H groups in total. The zero-order valence-corrected chi connectivity index (χ0v) is 11.9. The van der Waals surface area contributed by atoms with E-state index in [-0.39, 0.29) is 0 Å². The summed E-state index contributed by atoms with van der Waals surface area (Å²) in [6.07, 6.45) is 2.70. The lowest BCUT2D eigenvalue weighted by molar-refractivity contribution is 0.217. The summed E-state index contributed by atoms with van der Waals surface area (Å²) in [5, 5.41) is 3.60. The first-order valence-corrected chi connectivity index (χ1v) is 7.17. The molecular formula is C16H26N2. The van der Waals surface area contributed by atoms with E-state index >= 15 is 0 Å². The van der Waals surface area contributed by atoms with Gasteiger partial charge in [-0.25, -0.2) is 0 Å². The highest BCUT2D eigenvalue weighted by atomic mass is 15.1. The van der Waals surface area contributed by atoms with Crippen molar-refractivity contribution >= 4 is 5.69 Å². The molecule has 2 rings (SSSR count). The lowest BCUT2D eigenvalue weighted by atomic mass is 9.98. The molecule has 100 valence electrons. The van der Waals surface area contributed by atoms with Gasteiger partial charge in [0.05, 0.1) is 0 Å². The van der Waals surface area contributed by atoms with Gasteiger partial charge in [-0.1, -0.05) is 26.0 Å². The van der Waals surface area contributed by atoms with Crippen molar-refractivity contribution in [2.45, 2.75) is 32.6 Å². The Hall–Kier alpha value is -1.02. The minimum absolute atomic E-state index is 0.604. The van der Waals surface area contributed by atoms with Crippen molar-refractivity contribution in [3.63, 3.8) is 0 Å². The predicted molar refractivity (Wildman–Crippen MR) is 79.2 cm³/mol. The van der Waals surface area contributed by atoms with Crippen LogP contribution in [0.5, 0.6) is 0 Å². The van der Waals surface area contributed by atoms with Crippen LogP contribution < -0.4 is 5.32 Å². The average molecular weight is 246 g/mol. The molecule has 1 saturated heterocycles. The average Bonchev–Trinajstić information content (AvgIpc) is 2.37. The largest absolute Gasteiger partial charge is 0.385 e. The van der Waals surface area contributed by atoms with Crippen LogP contribution in [0.4, 0.5) is 5.69 Å². The second-order valence-electron chi connectivity index (χ2n) is 5.93. The Labute approximate surface area is 111 Å². The maximum Gasteiger partial charge on any atom is 0.0343 e. The van der Waals surface area contributed by atoms with Crippen LogP contribution in [0, 0.1) is 5.92 Å². The van der Waals surface area contributed by atoms with E-state index in [0.717, 1.165) is 12.5 Å². The van der Waals surface area contributed by atoms with Gasteiger partial charge in [-0.2, -0.15) is 0 Å². The number of hydrogen-bond donors (Lipinski definition) is 1. The van der Waals surface area contributed by atoms with Crippen LogP contribution in [-0.2, 0) is 0 Å². The number of nitrogens with zero attached hydrogens (tertiary/aromatic N) is 1. The SMILES string of the molecule is CC(C)c1cccc(NCC2CCCN(C)C2)c1. The van der Waals surface area contributed by atoms with Gasteiger partial charge in [0.25, 0.3) is 0 Å². The van der Waals surface area contributed by atoms with E-state index in [1.807, 2.05) is 0 Å². The molecule has 1 atom stereocenters. The molecule has 1 heterocycles. The Morgan fingerprint density at radius 2 is 2.22 bits per heavy atom. The first-order valence-electron chi connectivity index (χ1n) is 7.17. The summed E-state index contributed by atoms with van der Waals surface area (Å²) in [7, 11) is 2.23. The molecule has 1 aromatic rings. The van der Waals surface area contributed by atoms with Crippen molar-refractivity contribution in [1.82, 2.24) is 4.90 Å². The molecule has 0 aromatic heterocycles. The van der Waals surface area contributed by atoms with Gasteiger partial charge in [0.2, 0.25) is 0 Å². The molecule has 1 aliphatic rings. The molecule has 0 saturated carbocycles. The van der Waals surface area contributed by atoms with Gasteiger partial charge in [0, 0.05) is 18.8 Å². The molecule has 18 heavy (non-hydrogen) atoms. The standard InChI is InChI=1S/C16H26N2/c1-13(2)15-7-4-8-16(10-15)17-11-14-6-5-9-18(3)12-14/h4,7-8,10,13-14,17H,5-6,9,11-12H2,1-3H3. The summed E-state index contributed by atoms with van der Waals surface area (Å²) in [4.78, 5) is 2.44. The van der Waals surface area contributed by atoms with E-state index in [0.29, 0.717) is 5.92 Å². The van der Waals surface area contributed by atoms with Gasteiger partial charge in [0.15, 0.2) is 0 Å². The molecule has 2 heteroatoms. The lowest BCUT2D eigenvalue weighted by Crippen LogP contribution is -2.35. The quantitative estimate of drug-likeness (QED) is 0.874. The Kier molecular flexibility index (Phi) is 4.65. The van der Waals surface area contributed by atoms with E-state index in [9.17, 15) is 0 Å². The highest BCUT2D eigenvalue weighted by Gasteiger charge is 2.16. The van der Waals surface area contributed by atoms with Crippen molar-refractivity contribution in [1.29, 1.82) is 0 Å². The molecular weight excluding hydrogens is 220 g/mol. The minimum Gasteiger partial charge on any atom is -0.385 e. The van der Waals surface area contributed by atoms with Crippen molar-refractivity contribution in [3.05, 3.63) is 29.8 Å². The maximum absolute atomic E-state index is 3.60. The van der Waals surface area contributed by atoms with Crippen LogP contribution in [0.15, 0.2) is 24.3 Å². The molecule has 0 bridgehead atoms. The van der Waals surface area contributed by atoms with Crippen LogP contribution >= 0.6 is 0 Å². The van der Waals surface area contributed by atoms with Crippen molar-refractivity contribution in [2.75, 3.05) is 32.0 Å². The summed E-state index contributed by atoms with van der Waals surface area (Å²) in [5.74, 6) is 1.40. The molecule has 1 fully saturated rings. The van der Waals surface area contributed by atoms with Crippen molar-refractivity contribution < 1.29 is 0 Å². The number of rotatable bonds is 4. The normalized spacial score (nSPS) is 21.2. The highest BCUT2D eigenvalue weighted by molar-refractivity contribution is 5.46. The third kappa shape index (κ3) is 3.74. The van der Waals surface area contributed by atoms with Gasteiger partial charge < -0.3 is 10.2 Å². The topological polar surface area (TPSA) is 15.3 Å². The molecule has 2 nitrogen and oxygen atoms in total. The number of hydrogen-bond acceptors (Lipinski definition) is 2. The van der Waals surface area contributed by atoms with Crippen LogP contribution in [0.1, 0.15) is 38.2 Å². The van der Waals surface area contributed by atoms with Crippen LogP contribution in [0.2, 0.25) is 0 Å². The van der Waals surface area contributed by atoms with Gasteiger partial charge in [-0.3, -0.25) is 0 Å². The van der Waals surface area contributed by atoms with Crippen LogP contribution in [0.3, 0.4) is 0 Å². The van der Waals surface area contributed by atoms with Gasteiger partial charge in [0.1, 0.15) is 0 Å². The number of likely N-dealkylation sites (tertiary alicyclic amines) is 1. The fraction of sp³-hybridized carbons (Fsp3) is 0.625. The molecule has 1 unspecified atom stereocenters. The summed E-state index contributed by atoms with van der Waals surface area (Å²) < 4.78 is 0. The van der Waals surface area contributed by atoms with Crippen molar-refractivity contribution in [3.8, 4) is 0 Å². The number of anilines is 1. The lowest BCUT2D eigenvalue weighted by Gasteiger charge is -2.30. The Morgan fingerprint density at radius 1 is 1.39 bits per heavy atom. The Morgan fingerprint density at radius 3 is 2.94 bits per heavy atom. The number of piperidine rings is 1. The zero-order valence-electron chi connectivity index (χ0n) is 11.9. The fourth-order valence-electron chi connectivity index (χ4n) is 2.71. The van der Waals surface area contributed by atoms with Gasteiger partial charge in [-0.05, 0) is 56.0 Å². The highest BCUT2D eigenvalue weighted by Crippen LogP contribution is 2.20. The second-order valence-corrected chi connectivity index (χ2v) is 5.93. The predicted octanol–water partition coefficient (Wildman–Crippen LogP) is 3.56. The third-order valence-electron chi connectivity index (χ3n) is 3.87. The Bertz CT molecular complexity index is 373. The molecule has 0 amide bonds. The number of nitrogens with one attached hydrogen (secondary N) is 1. The van der Waals surface area contributed by atoms with E-state index < -0.39 is 0 Å². The number of benzene rings is 1. The molecule has 1 aliphatic heterocycles. The van der Waals surface area contributed by atoms with E-state index in [4.69, 9.17) is 0 Å². The smallest absolute Gasteiger partial charge is 0.0343 e. The monoisotopic (exact) mass is 246 g/mol. The second kappa shape index (κ2) is 6.24. The molecule has 1 aromatic carbocycles. The molecule has 0 radical (unpaired) electrons. The first kappa shape index (κ1) is 13.4. The van der Waals surface area contributed by atoms with E-state index in [1.165, 1.54) is 37.2 Å². The summed E-state index contributed by atoms with van der Waals surface area (Å²) >= 11 is 0. The first-order chi connectivity index (χ1) is 8.65. The van der Waals surface area contributed by atoms with Crippen molar-refractivity contribution in [2.24, 2.45) is 5.92 Å². The minimum atomic E-state index is 0.604. The zero-order chi connectivity index (χ0) is 13.0. The van der Waals surface area contributed by atoms with Crippen LogP contribution in [-0.4, -0.2) is 31.6 Å². The van der Waals surface area contributed by atoms with Crippen LogP contribution in [0.25, 0.3) is 0 Å². The van der Waals surface area contributed by atoms with E-state index in [2.05, 4.69) is 55.4 Å². The summed E-state index contributed by atoms with van der Waals surface area (Å²) in [5.41, 5.74) is 2.69. The third-order valence-corrected chi connectivity index (χ3v) is 3.87. The maximum atomic E-state index is 3.60. The van der Waals surface area contributed by atoms with Gasteiger partial charge >= 0.3 is 0 Å². The van der Waals surface area contributed by atoms with E-state index in [1.54, 1.807) is 0 Å². The Balaban J connectivity index is 1.87. The molecule has 0 spiro atoms. The summed E-state index contributed by atoms with van der Waals surface area (Å²) in [6.45, 7) is 8.09. The molecule has 0 aliphatic carbocycles. The summed E-state index contributed by atoms with van der Waals surface area (Å²) in [6, 6.07) is 8.84. The van der Waals surface area contributed by atoms with Gasteiger partial charge in [-0.15, -0.1) is 0 Å². The fourth-order valence-corrected chi connectivity index (χ4v) is 2.71.